The molecule has 0 saturated carbocycles. The van der Waals surface area contributed by atoms with Gasteiger partial charge in [0.15, 0.2) is 12.7 Å². The van der Waals surface area contributed by atoms with Gasteiger partial charge in [0.25, 0.3) is 0 Å². The Kier molecular flexibility index (Phi) is 1.22. The molecule has 1 fully saturated rings. The van der Waals surface area contributed by atoms with Crippen molar-refractivity contribution in [2.24, 2.45) is 0 Å². The zero-order valence-corrected chi connectivity index (χ0v) is 3.55. The number of nitrogens with one attached hydrogen (secondary N) is 3. The Morgan fingerprint density at radius 1 is 1.00 bits per heavy atom. The van der Waals surface area contributed by atoms with Gasteiger partial charge in [0.05, 0.1) is 0 Å². The Balaban J connectivity index is 2.26. The highest BCUT2D eigenvalue weighted by Crippen LogP contribution is 1.77. The summed E-state index contributed by atoms with van der Waals surface area (Å²) in [6, 6.07) is 0. The van der Waals surface area contributed by atoms with Crippen molar-refractivity contribution in [3.63, 3.8) is 0 Å². The molecule has 5 N–H and O–H groups in total. The van der Waals surface area contributed by atoms with Gasteiger partial charge < -0.3 is 10.2 Å². The zero-order valence-electron chi connectivity index (χ0n) is 3.55. The minimum atomic E-state index is -0.838. The molecule has 0 radical (unpaired) electrons. The van der Waals surface area contributed by atoms with E-state index in [4.69, 9.17) is 10.2 Å². The van der Waals surface area contributed by atoms with Crippen molar-refractivity contribution in [2.75, 3.05) is 0 Å². The molecular weight excluding hydrogens is 98.0 g/mol. The van der Waals surface area contributed by atoms with Gasteiger partial charge in [-0.15, -0.1) is 0 Å². The molecule has 1 aliphatic heterocycles. The Bertz CT molecular complexity index is 60.0. The van der Waals surface area contributed by atoms with Crippen LogP contribution in [0.2, 0.25) is 0 Å². The van der Waals surface area contributed by atoms with Crippen molar-refractivity contribution < 1.29 is 10.2 Å². The molecule has 5 heteroatoms. The van der Waals surface area contributed by atoms with E-state index in [0.29, 0.717) is 0 Å². The number of rotatable bonds is 0. The van der Waals surface area contributed by atoms with E-state index in [9.17, 15) is 0 Å². The molecule has 0 aliphatic carbocycles. The number of aliphatic hydroxyl groups excluding tert-OH is 2. The Hall–Kier alpha value is -0.200. The Morgan fingerprint density at radius 2 is 1.43 bits per heavy atom. The summed E-state index contributed by atoms with van der Waals surface area (Å²) in [5.74, 6) is 0. The zero-order chi connectivity index (χ0) is 5.28. The Labute approximate surface area is 40.3 Å². The van der Waals surface area contributed by atoms with Crippen LogP contribution in [0.25, 0.3) is 0 Å². The molecule has 7 heavy (non-hydrogen) atoms. The number of aliphatic hydroxyl groups is 2. The van der Waals surface area contributed by atoms with E-state index in [-0.39, 0.29) is 0 Å². The molecule has 42 valence electrons. The third kappa shape index (κ3) is 1.08. The fourth-order valence-electron chi connectivity index (χ4n) is 0.391. The van der Waals surface area contributed by atoms with E-state index in [1.165, 1.54) is 0 Å². The molecule has 0 aromatic heterocycles. The van der Waals surface area contributed by atoms with Crippen LogP contribution in [0.5, 0.6) is 0 Å². The minimum absolute atomic E-state index is 0.838. The summed E-state index contributed by atoms with van der Waals surface area (Å²) in [7, 11) is 0. The van der Waals surface area contributed by atoms with Crippen molar-refractivity contribution in [1.82, 2.24) is 16.2 Å². The van der Waals surface area contributed by atoms with Gasteiger partial charge in [-0.05, 0) is 0 Å². The SMILES string of the molecule is OC1NNC(O)N1. The molecule has 0 amide bonds. The molecular formula is C2H7N3O2. The number of hydrogen-bond acceptors (Lipinski definition) is 5. The molecule has 5 nitrogen and oxygen atoms in total. The van der Waals surface area contributed by atoms with E-state index in [1.807, 2.05) is 0 Å². The fourth-order valence-corrected chi connectivity index (χ4v) is 0.391. The molecule has 0 aromatic carbocycles. The number of hydrogen-bond donors (Lipinski definition) is 5. The molecule has 2 atom stereocenters. The monoisotopic (exact) mass is 105 g/mol. The summed E-state index contributed by atoms with van der Waals surface area (Å²) in [6.45, 7) is 0. The van der Waals surface area contributed by atoms with Gasteiger partial charge in [0, 0.05) is 0 Å². The third-order valence-electron chi connectivity index (χ3n) is 0.673. The molecule has 0 aromatic rings. The van der Waals surface area contributed by atoms with E-state index >= 15 is 0 Å². The standard InChI is InChI=1S/C2H7N3O2/c6-1-3-2(7)5-4-1/h1-7H. The van der Waals surface area contributed by atoms with Crippen LogP contribution in [0.3, 0.4) is 0 Å². The highest BCUT2D eigenvalue weighted by molar-refractivity contribution is 4.56. The van der Waals surface area contributed by atoms with Gasteiger partial charge >= 0.3 is 0 Å². The van der Waals surface area contributed by atoms with E-state index in [1.54, 1.807) is 0 Å². The lowest BCUT2D eigenvalue weighted by Gasteiger charge is -1.97. The van der Waals surface area contributed by atoms with Crippen LogP contribution in [0.1, 0.15) is 0 Å². The normalized spacial score (nSPS) is 42.0. The van der Waals surface area contributed by atoms with E-state index < -0.39 is 12.7 Å². The smallest absolute Gasteiger partial charge is 0.176 e. The van der Waals surface area contributed by atoms with Crippen LogP contribution >= 0.6 is 0 Å². The average molecular weight is 105 g/mol. The summed E-state index contributed by atoms with van der Waals surface area (Å²) in [5.41, 5.74) is 4.63. The van der Waals surface area contributed by atoms with Gasteiger partial charge in [-0.2, -0.15) is 0 Å². The van der Waals surface area contributed by atoms with Gasteiger partial charge in [-0.3, -0.25) is 0 Å². The first-order valence-corrected chi connectivity index (χ1v) is 1.92. The summed E-state index contributed by atoms with van der Waals surface area (Å²) in [5, 5.41) is 19.2. The maximum Gasteiger partial charge on any atom is 0.176 e. The van der Waals surface area contributed by atoms with Gasteiger partial charge in [0.1, 0.15) is 0 Å². The highest BCUT2D eigenvalue weighted by Gasteiger charge is 2.15. The van der Waals surface area contributed by atoms with Crippen LogP contribution in [0.4, 0.5) is 0 Å². The van der Waals surface area contributed by atoms with Crippen molar-refractivity contribution >= 4 is 0 Å². The van der Waals surface area contributed by atoms with Crippen molar-refractivity contribution in [1.29, 1.82) is 0 Å². The quantitative estimate of drug-likeness (QED) is 0.231. The van der Waals surface area contributed by atoms with E-state index in [2.05, 4.69) is 16.2 Å². The lowest BCUT2D eigenvalue weighted by atomic mass is 10.9. The molecule has 1 heterocycles. The maximum atomic E-state index is 8.45. The second kappa shape index (κ2) is 1.73. The van der Waals surface area contributed by atoms with Crippen molar-refractivity contribution in [3.8, 4) is 0 Å². The van der Waals surface area contributed by atoms with Crippen LogP contribution in [0.15, 0.2) is 0 Å². The minimum Gasteiger partial charge on any atom is -0.364 e. The van der Waals surface area contributed by atoms with Gasteiger partial charge in [0.2, 0.25) is 0 Å². The first-order valence-electron chi connectivity index (χ1n) is 1.92. The summed E-state index contributed by atoms with van der Waals surface area (Å²) in [6.07, 6.45) is -1.68. The predicted molar refractivity (Wildman–Crippen MR) is 21.4 cm³/mol. The summed E-state index contributed by atoms with van der Waals surface area (Å²) >= 11 is 0. The average Bonchev–Trinajstić information content (AvgIpc) is 1.87. The molecule has 0 bridgehead atoms. The lowest BCUT2D eigenvalue weighted by Crippen LogP contribution is -2.32. The first-order chi connectivity index (χ1) is 3.29. The second-order valence-corrected chi connectivity index (χ2v) is 1.26. The second-order valence-electron chi connectivity index (χ2n) is 1.26. The van der Waals surface area contributed by atoms with Crippen LogP contribution in [0, 0.1) is 0 Å². The van der Waals surface area contributed by atoms with Gasteiger partial charge in [-0.25, -0.2) is 16.2 Å². The molecule has 1 saturated heterocycles. The summed E-state index contributed by atoms with van der Waals surface area (Å²) < 4.78 is 0. The largest absolute Gasteiger partial charge is 0.364 e. The molecule has 1 aliphatic rings. The Morgan fingerprint density at radius 3 is 1.57 bits per heavy atom. The fraction of sp³-hybridized carbons (Fsp3) is 1.00. The lowest BCUT2D eigenvalue weighted by molar-refractivity contribution is 0.0895. The van der Waals surface area contributed by atoms with Crippen LogP contribution < -0.4 is 16.2 Å². The van der Waals surface area contributed by atoms with Gasteiger partial charge in [-0.1, -0.05) is 0 Å². The third-order valence-corrected chi connectivity index (χ3v) is 0.673. The predicted octanol–water partition coefficient (Wildman–Crippen LogP) is -2.76. The molecule has 2 unspecified atom stereocenters. The van der Waals surface area contributed by atoms with E-state index in [0.717, 1.165) is 0 Å². The number of hydrazine groups is 1. The molecule has 0 spiro atoms. The van der Waals surface area contributed by atoms with Crippen LogP contribution in [-0.2, 0) is 0 Å². The van der Waals surface area contributed by atoms with Crippen molar-refractivity contribution in [2.45, 2.75) is 12.7 Å². The highest BCUT2D eigenvalue weighted by atomic mass is 16.4. The summed E-state index contributed by atoms with van der Waals surface area (Å²) in [4.78, 5) is 0. The molecule has 1 rings (SSSR count). The van der Waals surface area contributed by atoms with Crippen molar-refractivity contribution in [3.05, 3.63) is 0 Å². The first kappa shape index (κ1) is 4.95. The maximum absolute atomic E-state index is 8.45. The van der Waals surface area contributed by atoms with Crippen LogP contribution in [-0.4, -0.2) is 22.9 Å². The topological polar surface area (TPSA) is 76.5 Å².